The minimum Gasteiger partial charge on any atom is -0.476 e. The first-order valence-corrected chi connectivity index (χ1v) is 14.9. The van der Waals surface area contributed by atoms with Crippen molar-refractivity contribution >= 4 is 29.3 Å². The lowest BCUT2D eigenvalue weighted by molar-refractivity contribution is -0.114. The van der Waals surface area contributed by atoms with E-state index in [4.69, 9.17) is 14.8 Å². The van der Waals surface area contributed by atoms with Crippen molar-refractivity contribution in [3.8, 4) is 5.88 Å². The van der Waals surface area contributed by atoms with Crippen LogP contribution < -0.4 is 15.0 Å². The number of ether oxygens (including phenoxy) is 1. The number of rotatable bonds is 8. The van der Waals surface area contributed by atoms with Crippen LogP contribution in [0.1, 0.15) is 58.3 Å². The largest absolute Gasteiger partial charge is 0.476 e. The number of aliphatic hydroxyl groups excluding tert-OH is 1. The molecule has 0 spiro atoms. The van der Waals surface area contributed by atoms with Crippen molar-refractivity contribution in [2.75, 3.05) is 56.7 Å². The molecule has 2 heterocycles. The molecule has 8 nitrogen and oxygen atoms in total. The number of likely N-dealkylation sites (N-methyl/N-ethyl adjacent to an activating group) is 1. The summed E-state index contributed by atoms with van der Waals surface area (Å²) in [5.74, 6) is 2.59. The van der Waals surface area contributed by atoms with Gasteiger partial charge in [-0.2, -0.15) is 4.98 Å². The van der Waals surface area contributed by atoms with Gasteiger partial charge in [-0.3, -0.25) is 4.79 Å². The number of hydrogen-bond donors (Lipinski definition) is 2. The molecule has 5 rings (SSSR count). The van der Waals surface area contributed by atoms with Crippen LogP contribution in [0.2, 0.25) is 0 Å². The Labute approximate surface area is 231 Å². The molecule has 1 amide bonds. The van der Waals surface area contributed by atoms with Gasteiger partial charge in [0.15, 0.2) is 0 Å². The summed E-state index contributed by atoms with van der Waals surface area (Å²) in [6, 6.07) is 7.80. The molecule has 0 atom stereocenters. The van der Waals surface area contributed by atoms with Crippen LogP contribution in [0.4, 0.5) is 11.6 Å². The summed E-state index contributed by atoms with van der Waals surface area (Å²) < 4.78 is 6.26. The highest BCUT2D eigenvalue weighted by Crippen LogP contribution is 2.36. The van der Waals surface area contributed by atoms with Gasteiger partial charge in [0.2, 0.25) is 17.7 Å². The summed E-state index contributed by atoms with van der Waals surface area (Å²) in [5, 5.41) is 11.4. The van der Waals surface area contributed by atoms with Gasteiger partial charge in [0.1, 0.15) is 0 Å². The minimum atomic E-state index is -0.0809. The van der Waals surface area contributed by atoms with E-state index >= 15 is 0 Å². The summed E-state index contributed by atoms with van der Waals surface area (Å²) in [6.45, 7) is 6.49. The Balaban J connectivity index is 0.000000417. The summed E-state index contributed by atoms with van der Waals surface area (Å²) >= 11 is 1.57. The van der Waals surface area contributed by atoms with Gasteiger partial charge in [0.05, 0.1) is 17.7 Å². The first-order valence-electron chi connectivity index (χ1n) is 14.1. The Morgan fingerprint density at radius 1 is 1.08 bits per heavy atom. The molecule has 38 heavy (non-hydrogen) atoms. The Morgan fingerprint density at radius 2 is 1.76 bits per heavy atom. The smallest absolute Gasteiger partial charge is 0.232 e. The zero-order chi connectivity index (χ0) is 26.7. The van der Waals surface area contributed by atoms with E-state index in [2.05, 4.69) is 27.1 Å². The molecule has 2 aliphatic carbocycles. The highest BCUT2D eigenvalue weighted by molar-refractivity contribution is 7.99. The van der Waals surface area contributed by atoms with Crippen LogP contribution in [0.3, 0.4) is 0 Å². The molecule has 0 radical (unpaired) electrons. The molecule has 1 aromatic heterocycles. The van der Waals surface area contributed by atoms with Crippen molar-refractivity contribution in [1.82, 2.24) is 14.9 Å². The third-order valence-corrected chi connectivity index (χ3v) is 8.53. The van der Waals surface area contributed by atoms with Crippen molar-refractivity contribution in [3.05, 3.63) is 30.5 Å². The Kier molecular flexibility index (Phi) is 11.1. The van der Waals surface area contributed by atoms with Crippen LogP contribution in [-0.2, 0) is 4.79 Å². The number of nitrogens with one attached hydrogen (secondary N) is 1. The second-order valence-electron chi connectivity index (χ2n) is 10.7. The molecule has 2 N–H and O–H groups in total. The number of carbonyl (C=O) groups excluding carboxylic acids is 1. The number of nitrogens with zero attached hydrogens (tertiary/aromatic N) is 4. The number of piperazine rings is 1. The maximum Gasteiger partial charge on any atom is 0.232 e. The SMILES string of the molecule is CC(=O)Nc1cccc(Sc2cnc(N3CCN(C)CC3)nc2OCC2CCCC2)c1.OCC1CCCC1. The average molecular weight is 542 g/mol. The van der Waals surface area contributed by atoms with Crippen molar-refractivity contribution in [2.24, 2.45) is 11.8 Å². The van der Waals surface area contributed by atoms with Crippen LogP contribution in [0.25, 0.3) is 0 Å². The molecule has 3 fully saturated rings. The van der Waals surface area contributed by atoms with E-state index in [1.54, 1.807) is 11.8 Å². The third-order valence-electron chi connectivity index (χ3n) is 7.54. The first kappa shape index (κ1) is 28.6. The van der Waals surface area contributed by atoms with Gasteiger partial charge in [0.25, 0.3) is 0 Å². The third kappa shape index (κ3) is 8.85. The standard InChI is InChI=1S/C23H31N5O2S.C6H12O/c1-17(29)25-19-8-5-9-20(14-19)31-21-15-24-23(28-12-10-27(2)11-13-28)26-22(21)30-16-18-6-3-4-7-18;7-5-6-3-1-2-4-6/h5,8-9,14-15,18H,3-4,6-7,10-13,16H2,1-2H3,(H,25,29);6-7H,1-5H2. The summed E-state index contributed by atoms with van der Waals surface area (Å²) in [7, 11) is 2.14. The van der Waals surface area contributed by atoms with Crippen molar-refractivity contribution in [3.63, 3.8) is 0 Å². The van der Waals surface area contributed by atoms with Crippen LogP contribution >= 0.6 is 11.8 Å². The summed E-state index contributed by atoms with van der Waals surface area (Å²) in [5.41, 5.74) is 0.779. The number of hydrogen-bond acceptors (Lipinski definition) is 8. The summed E-state index contributed by atoms with van der Waals surface area (Å²) in [4.78, 5) is 27.3. The van der Waals surface area contributed by atoms with Crippen LogP contribution in [-0.4, -0.2) is 72.3 Å². The molecular weight excluding hydrogens is 498 g/mol. The van der Waals surface area contributed by atoms with Gasteiger partial charge in [-0.15, -0.1) is 0 Å². The van der Waals surface area contributed by atoms with Gasteiger partial charge in [-0.25, -0.2) is 4.98 Å². The molecular formula is C29H43N5O3S. The fourth-order valence-corrected chi connectivity index (χ4v) is 6.10. The predicted octanol–water partition coefficient (Wildman–Crippen LogP) is 5.08. The van der Waals surface area contributed by atoms with Gasteiger partial charge >= 0.3 is 0 Å². The topological polar surface area (TPSA) is 90.8 Å². The van der Waals surface area contributed by atoms with Gasteiger partial charge in [-0.1, -0.05) is 43.5 Å². The van der Waals surface area contributed by atoms with Gasteiger partial charge < -0.3 is 25.0 Å². The van der Waals surface area contributed by atoms with E-state index in [1.165, 1.54) is 58.3 Å². The lowest BCUT2D eigenvalue weighted by atomic mass is 10.1. The Hall–Kier alpha value is -2.36. The zero-order valence-electron chi connectivity index (χ0n) is 22.9. The highest BCUT2D eigenvalue weighted by Gasteiger charge is 2.21. The molecule has 9 heteroatoms. The maximum atomic E-state index is 11.4. The number of aliphatic hydroxyl groups is 1. The van der Waals surface area contributed by atoms with Gasteiger partial charge in [0, 0.05) is 50.3 Å². The average Bonchev–Trinajstić information content (AvgIpc) is 3.63. The molecule has 0 bridgehead atoms. The van der Waals surface area contributed by atoms with Crippen molar-refractivity contribution < 1.29 is 14.6 Å². The molecule has 0 unspecified atom stereocenters. The Bertz CT molecular complexity index is 1020. The fourth-order valence-electron chi connectivity index (χ4n) is 5.21. The molecule has 1 aliphatic heterocycles. The molecule has 2 saturated carbocycles. The monoisotopic (exact) mass is 541 g/mol. The van der Waals surface area contributed by atoms with Crippen LogP contribution in [0.5, 0.6) is 5.88 Å². The Morgan fingerprint density at radius 3 is 2.39 bits per heavy atom. The van der Waals surface area contributed by atoms with Crippen LogP contribution in [0.15, 0.2) is 40.3 Å². The van der Waals surface area contributed by atoms with Crippen LogP contribution in [0, 0.1) is 11.8 Å². The molecule has 208 valence electrons. The van der Waals surface area contributed by atoms with E-state index in [0.29, 0.717) is 30.9 Å². The lowest BCUT2D eigenvalue weighted by Gasteiger charge is -2.32. The fraction of sp³-hybridized carbons (Fsp3) is 0.621. The zero-order valence-corrected chi connectivity index (χ0v) is 23.7. The summed E-state index contributed by atoms with van der Waals surface area (Å²) in [6.07, 6.45) is 12.1. The van der Waals surface area contributed by atoms with E-state index in [-0.39, 0.29) is 5.91 Å². The normalized spacial score (nSPS) is 18.8. The second-order valence-corrected chi connectivity index (χ2v) is 11.9. The molecule has 1 saturated heterocycles. The maximum absolute atomic E-state index is 11.4. The number of anilines is 2. The van der Waals surface area contributed by atoms with E-state index < -0.39 is 0 Å². The highest BCUT2D eigenvalue weighted by atomic mass is 32.2. The van der Waals surface area contributed by atoms with E-state index in [9.17, 15) is 4.79 Å². The first-order chi connectivity index (χ1) is 18.5. The quantitative estimate of drug-likeness (QED) is 0.478. The number of aromatic nitrogens is 2. The second kappa shape index (κ2) is 14.7. The number of amides is 1. The lowest BCUT2D eigenvalue weighted by Crippen LogP contribution is -2.45. The predicted molar refractivity (Wildman–Crippen MR) is 153 cm³/mol. The van der Waals surface area contributed by atoms with Crippen molar-refractivity contribution in [1.29, 1.82) is 0 Å². The van der Waals surface area contributed by atoms with Gasteiger partial charge in [-0.05, 0) is 62.8 Å². The van der Waals surface area contributed by atoms with E-state index in [0.717, 1.165) is 47.6 Å². The molecule has 2 aromatic rings. The number of carbonyl (C=O) groups is 1. The number of benzene rings is 1. The molecule has 1 aromatic carbocycles. The molecule has 3 aliphatic rings. The van der Waals surface area contributed by atoms with E-state index in [1.807, 2.05) is 30.5 Å². The van der Waals surface area contributed by atoms with Crippen molar-refractivity contribution in [2.45, 2.75) is 68.1 Å². The minimum absolute atomic E-state index is 0.0809.